The number of aromatic nitrogens is 1. The molecule has 0 aliphatic rings. The molecule has 1 amide bonds. The average Bonchev–Trinajstić information content (AvgIpc) is 3.19. The lowest BCUT2D eigenvalue weighted by molar-refractivity contribution is -0.115. The van der Waals surface area contributed by atoms with Crippen LogP contribution in [-0.4, -0.2) is 30.7 Å². The van der Waals surface area contributed by atoms with E-state index in [0.29, 0.717) is 22.3 Å². The van der Waals surface area contributed by atoms with Crippen molar-refractivity contribution in [1.29, 1.82) is 5.26 Å². The van der Waals surface area contributed by atoms with Crippen LogP contribution in [0.25, 0.3) is 11.6 Å². The van der Waals surface area contributed by atoms with Gasteiger partial charge in [0.05, 0.1) is 17.7 Å². The number of thiophene rings is 1. The number of aryl methyl sites for hydroxylation is 1. The van der Waals surface area contributed by atoms with Gasteiger partial charge in [-0.05, 0) is 36.4 Å². The fourth-order valence-corrected chi connectivity index (χ4v) is 4.45. The molecule has 0 aliphatic heterocycles. The van der Waals surface area contributed by atoms with Crippen molar-refractivity contribution < 1.29 is 9.53 Å². The van der Waals surface area contributed by atoms with E-state index in [0.717, 1.165) is 23.3 Å². The van der Waals surface area contributed by atoms with E-state index in [4.69, 9.17) is 4.74 Å². The predicted molar refractivity (Wildman–Crippen MR) is 109 cm³/mol. The Morgan fingerprint density at radius 1 is 1.48 bits per heavy atom. The zero-order valence-electron chi connectivity index (χ0n) is 15.7. The van der Waals surface area contributed by atoms with Crippen molar-refractivity contribution in [3.05, 3.63) is 41.4 Å². The van der Waals surface area contributed by atoms with Crippen LogP contribution in [0.3, 0.4) is 0 Å². The van der Waals surface area contributed by atoms with Gasteiger partial charge in [0.1, 0.15) is 10.7 Å². The maximum absolute atomic E-state index is 12.9. The number of thiazole rings is 1. The van der Waals surface area contributed by atoms with Crippen LogP contribution in [0.2, 0.25) is 0 Å². The molecule has 0 saturated carbocycles. The lowest BCUT2D eigenvalue weighted by atomic mass is 10.3. The van der Waals surface area contributed by atoms with E-state index >= 15 is 0 Å². The van der Waals surface area contributed by atoms with Gasteiger partial charge >= 0.3 is 0 Å². The second-order valence-corrected chi connectivity index (χ2v) is 7.91. The SMILES string of the molecule is CCCCNC(=O)/C(C#N)=c1\s/c(=C\c2sccc2C)c(=O)n1CCOC. The first-order valence-corrected chi connectivity index (χ1v) is 10.4. The van der Waals surface area contributed by atoms with Gasteiger partial charge in [-0.3, -0.25) is 14.2 Å². The Balaban J connectivity index is 2.63. The molecule has 0 spiro atoms. The van der Waals surface area contributed by atoms with E-state index in [1.165, 1.54) is 15.9 Å². The Hall–Kier alpha value is -2.21. The van der Waals surface area contributed by atoms with E-state index in [-0.39, 0.29) is 17.7 Å². The summed E-state index contributed by atoms with van der Waals surface area (Å²) in [5, 5.41) is 14.3. The Morgan fingerprint density at radius 2 is 2.26 bits per heavy atom. The minimum Gasteiger partial charge on any atom is -0.383 e. The van der Waals surface area contributed by atoms with E-state index in [1.807, 2.05) is 37.4 Å². The highest BCUT2D eigenvalue weighted by molar-refractivity contribution is 7.11. The number of nitrogens with one attached hydrogen (secondary N) is 1. The number of carbonyl (C=O) groups excluding carboxylic acids is 1. The van der Waals surface area contributed by atoms with E-state index in [2.05, 4.69) is 5.32 Å². The van der Waals surface area contributed by atoms with Crippen molar-refractivity contribution in [3.63, 3.8) is 0 Å². The molecule has 0 saturated heterocycles. The van der Waals surface area contributed by atoms with Crippen molar-refractivity contribution in [2.75, 3.05) is 20.3 Å². The van der Waals surface area contributed by atoms with Crippen molar-refractivity contribution in [3.8, 4) is 6.07 Å². The number of unbranched alkanes of at least 4 members (excludes halogenated alkanes) is 1. The normalized spacial score (nSPS) is 12.7. The van der Waals surface area contributed by atoms with Crippen LogP contribution in [0.4, 0.5) is 0 Å². The number of methoxy groups -OCH3 is 1. The summed E-state index contributed by atoms with van der Waals surface area (Å²) in [5.41, 5.74) is 0.834. The fraction of sp³-hybridized carbons (Fsp3) is 0.421. The number of nitrogens with zero attached hydrogens (tertiary/aromatic N) is 2. The Morgan fingerprint density at radius 3 is 2.85 bits per heavy atom. The molecular formula is C19H23N3O3S2. The first-order valence-electron chi connectivity index (χ1n) is 8.70. The van der Waals surface area contributed by atoms with E-state index in [1.54, 1.807) is 18.4 Å². The molecule has 6 nitrogen and oxygen atoms in total. The summed E-state index contributed by atoms with van der Waals surface area (Å²) in [4.78, 5) is 26.3. The fourth-order valence-electron chi connectivity index (χ4n) is 2.41. The minimum absolute atomic E-state index is 0.0353. The van der Waals surface area contributed by atoms with Crippen LogP contribution in [0.15, 0.2) is 16.2 Å². The summed E-state index contributed by atoms with van der Waals surface area (Å²) >= 11 is 2.72. The third-order valence-electron chi connectivity index (χ3n) is 3.96. The summed E-state index contributed by atoms with van der Waals surface area (Å²) in [6.07, 6.45) is 3.60. The number of amides is 1. The highest BCUT2D eigenvalue weighted by atomic mass is 32.1. The van der Waals surface area contributed by atoms with E-state index in [9.17, 15) is 14.9 Å². The Labute approximate surface area is 166 Å². The van der Waals surface area contributed by atoms with Gasteiger partial charge in [-0.2, -0.15) is 5.26 Å². The Bertz CT molecular complexity index is 1010. The summed E-state index contributed by atoms with van der Waals surface area (Å²) in [6.45, 7) is 5.11. The first-order chi connectivity index (χ1) is 13.0. The number of carbonyl (C=O) groups is 1. The smallest absolute Gasteiger partial charge is 0.269 e. The van der Waals surface area contributed by atoms with Crippen LogP contribution >= 0.6 is 22.7 Å². The zero-order chi connectivity index (χ0) is 19.8. The lowest BCUT2D eigenvalue weighted by Crippen LogP contribution is -2.36. The first kappa shape index (κ1) is 21.1. The molecule has 0 bridgehead atoms. The third-order valence-corrected chi connectivity index (χ3v) is 6.06. The van der Waals surface area contributed by atoms with Crippen molar-refractivity contribution in [2.24, 2.45) is 0 Å². The summed E-state index contributed by atoms with van der Waals surface area (Å²) < 4.78 is 7.42. The molecule has 1 N–H and O–H groups in total. The standard InChI is InChI=1S/C19H23N3O3S2/c1-4-5-7-21-17(23)14(12-20)19-22(8-9-25-3)18(24)16(27-19)11-15-13(2)6-10-26-15/h6,10-11H,4-5,7-9H2,1-3H3,(H,21,23)/b16-11-,19-14-. The molecule has 0 unspecified atom stereocenters. The maximum atomic E-state index is 12.9. The highest BCUT2D eigenvalue weighted by Crippen LogP contribution is 2.15. The van der Waals surface area contributed by atoms with Crippen LogP contribution in [0, 0.1) is 18.3 Å². The maximum Gasteiger partial charge on any atom is 0.269 e. The highest BCUT2D eigenvalue weighted by Gasteiger charge is 2.15. The lowest BCUT2D eigenvalue weighted by Gasteiger charge is -2.04. The van der Waals surface area contributed by atoms with Crippen molar-refractivity contribution in [2.45, 2.75) is 33.2 Å². The van der Waals surface area contributed by atoms with Gasteiger partial charge in [0.15, 0.2) is 5.57 Å². The second-order valence-electron chi connectivity index (χ2n) is 5.93. The van der Waals surface area contributed by atoms with Gasteiger partial charge in [0.2, 0.25) is 0 Å². The average molecular weight is 406 g/mol. The zero-order valence-corrected chi connectivity index (χ0v) is 17.3. The van der Waals surface area contributed by atoms with Gasteiger partial charge in [0.25, 0.3) is 11.5 Å². The van der Waals surface area contributed by atoms with Gasteiger partial charge in [-0.1, -0.05) is 13.3 Å². The molecule has 0 aromatic carbocycles. The molecule has 27 heavy (non-hydrogen) atoms. The van der Waals surface area contributed by atoms with Gasteiger partial charge in [-0.15, -0.1) is 22.7 Å². The van der Waals surface area contributed by atoms with Crippen LogP contribution in [0.5, 0.6) is 0 Å². The number of hydrogen-bond donors (Lipinski definition) is 1. The predicted octanol–water partition coefficient (Wildman–Crippen LogP) is 1.35. The molecule has 0 radical (unpaired) electrons. The van der Waals surface area contributed by atoms with Gasteiger partial charge in [-0.25, -0.2) is 0 Å². The topological polar surface area (TPSA) is 84.1 Å². The summed E-state index contributed by atoms with van der Waals surface area (Å²) in [7, 11) is 1.55. The molecule has 2 heterocycles. The molecule has 0 aliphatic carbocycles. The number of ether oxygens (including phenoxy) is 1. The quantitative estimate of drug-likeness (QED) is 0.672. The summed E-state index contributed by atoms with van der Waals surface area (Å²) in [5.74, 6) is -0.447. The van der Waals surface area contributed by atoms with Gasteiger partial charge < -0.3 is 10.1 Å². The van der Waals surface area contributed by atoms with Crippen LogP contribution in [-0.2, 0) is 16.1 Å². The van der Waals surface area contributed by atoms with Crippen molar-refractivity contribution in [1.82, 2.24) is 9.88 Å². The van der Waals surface area contributed by atoms with Gasteiger partial charge in [0, 0.05) is 18.5 Å². The van der Waals surface area contributed by atoms with Crippen LogP contribution in [0.1, 0.15) is 30.2 Å². The molecule has 0 fully saturated rings. The molecule has 2 aromatic rings. The second kappa shape index (κ2) is 10.2. The monoisotopic (exact) mass is 405 g/mol. The number of hydrogen-bond acceptors (Lipinski definition) is 6. The Kier molecular flexibility index (Phi) is 7.98. The summed E-state index contributed by atoms with van der Waals surface area (Å²) in [6, 6.07) is 3.96. The molecule has 2 rings (SSSR count). The minimum atomic E-state index is -0.447. The molecule has 0 atom stereocenters. The molecule has 2 aromatic heterocycles. The molecular weight excluding hydrogens is 382 g/mol. The largest absolute Gasteiger partial charge is 0.383 e. The van der Waals surface area contributed by atoms with Crippen molar-refractivity contribution >= 4 is 40.2 Å². The van der Waals surface area contributed by atoms with Crippen LogP contribution < -0.4 is 20.1 Å². The number of rotatable bonds is 8. The molecule has 8 heteroatoms. The molecule has 144 valence electrons. The van der Waals surface area contributed by atoms with E-state index < -0.39 is 5.91 Å². The number of nitriles is 1. The third kappa shape index (κ3) is 5.16.